The van der Waals surface area contributed by atoms with Crippen LogP contribution >= 0.6 is 0 Å². The first-order valence-corrected chi connectivity index (χ1v) is 7.06. The van der Waals surface area contributed by atoms with Gasteiger partial charge in [0.2, 0.25) is 0 Å². The van der Waals surface area contributed by atoms with E-state index in [-0.39, 0.29) is 0 Å². The van der Waals surface area contributed by atoms with Gasteiger partial charge in [0.25, 0.3) is 5.78 Å². The van der Waals surface area contributed by atoms with E-state index in [1.165, 1.54) is 25.7 Å². The van der Waals surface area contributed by atoms with E-state index in [0.29, 0.717) is 11.2 Å². The fraction of sp³-hybridized carbons (Fsp3) is 0.643. The van der Waals surface area contributed by atoms with Crippen LogP contribution in [0.25, 0.3) is 5.78 Å². The zero-order chi connectivity index (χ0) is 13.5. The highest BCUT2D eigenvalue weighted by Gasteiger charge is 2.41. The summed E-state index contributed by atoms with van der Waals surface area (Å²) < 4.78 is 1.81. The van der Waals surface area contributed by atoms with Crippen molar-refractivity contribution in [1.82, 2.24) is 19.6 Å². The zero-order valence-corrected chi connectivity index (χ0v) is 11.9. The van der Waals surface area contributed by atoms with Crippen LogP contribution in [0.5, 0.6) is 0 Å². The number of hydrogen-bond acceptors (Lipinski definition) is 4. The Bertz CT molecular complexity index is 597. The van der Waals surface area contributed by atoms with E-state index >= 15 is 0 Å². The lowest BCUT2D eigenvalue weighted by atomic mass is 10.0. The van der Waals surface area contributed by atoms with Crippen LogP contribution < -0.4 is 5.32 Å². The van der Waals surface area contributed by atoms with Crippen molar-refractivity contribution in [2.45, 2.75) is 46.5 Å². The molecule has 1 N–H and O–H groups in total. The highest BCUT2D eigenvalue weighted by molar-refractivity contribution is 5.52. The molecule has 1 aliphatic rings. The first kappa shape index (κ1) is 12.4. The monoisotopic (exact) mass is 259 g/mol. The highest BCUT2D eigenvalue weighted by Crippen LogP contribution is 2.49. The van der Waals surface area contributed by atoms with Crippen molar-refractivity contribution in [3.05, 3.63) is 17.6 Å². The third-order valence-electron chi connectivity index (χ3n) is 4.28. The lowest BCUT2D eigenvalue weighted by Crippen LogP contribution is -2.18. The van der Waals surface area contributed by atoms with Crippen LogP contribution in [0.15, 0.2) is 6.33 Å². The zero-order valence-electron chi connectivity index (χ0n) is 11.9. The molecule has 0 bridgehead atoms. The summed E-state index contributed by atoms with van der Waals surface area (Å²) >= 11 is 0. The second-order valence-corrected chi connectivity index (χ2v) is 5.75. The maximum Gasteiger partial charge on any atom is 0.254 e. The SMILES string of the molecule is CCCC1(CNc2c(C)c(C)nc3ncnn23)CC1. The Morgan fingerprint density at radius 1 is 1.37 bits per heavy atom. The minimum atomic E-state index is 0.519. The molecule has 0 atom stereocenters. The Labute approximate surface area is 113 Å². The van der Waals surface area contributed by atoms with Gasteiger partial charge in [0, 0.05) is 17.8 Å². The fourth-order valence-electron chi connectivity index (χ4n) is 2.73. The van der Waals surface area contributed by atoms with Crippen LogP contribution in [0, 0.1) is 19.3 Å². The summed E-state index contributed by atoms with van der Waals surface area (Å²) in [4.78, 5) is 8.62. The summed E-state index contributed by atoms with van der Waals surface area (Å²) in [6.45, 7) is 7.40. The second kappa shape index (κ2) is 4.47. The van der Waals surface area contributed by atoms with Gasteiger partial charge >= 0.3 is 0 Å². The Kier molecular flexibility index (Phi) is 2.92. The number of nitrogens with zero attached hydrogens (tertiary/aromatic N) is 4. The van der Waals surface area contributed by atoms with Crippen molar-refractivity contribution in [2.75, 3.05) is 11.9 Å². The van der Waals surface area contributed by atoms with E-state index in [1.54, 1.807) is 6.33 Å². The maximum absolute atomic E-state index is 4.44. The van der Waals surface area contributed by atoms with Crippen molar-refractivity contribution < 1.29 is 0 Å². The molecule has 3 rings (SSSR count). The van der Waals surface area contributed by atoms with Gasteiger partial charge in [-0.1, -0.05) is 13.3 Å². The van der Waals surface area contributed by atoms with Gasteiger partial charge in [-0.2, -0.15) is 14.6 Å². The molecule has 2 aromatic rings. The molecule has 0 amide bonds. The molecular weight excluding hydrogens is 238 g/mol. The molecule has 0 saturated heterocycles. The summed E-state index contributed by atoms with van der Waals surface area (Å²) in [6.07, 6.45) is 6.82. The summed E-state index contributed by atoms with van der Waals surface area (Å²) in [7, 11) is 0. The van der Waals surface area contributed by atoms with E-state index in [0.717, 1.165) is 23.6 Å². The molecule has 1 saturated carbocycles. The molecule has 19 heavy (non-hydrogen) atoms. The lowest BCUT2D eigenvalue weighted by molar-refractivity contribution is 0.484. The van der Waals surface area contributed by atoms with E-state index in [2.05, 4.69) is 34.2 Å². The van der Waals surface area contributed by atoms with Crippen molar-refractivity contribution in [2.24, 2.45) is 5.41 Å². The van der Waals surface area contributed by atoms with Crippen molar-refractivity contribution in [3.8, 4) is 0 Å². The summed E-state index contributed by atoms with van der Waals surface area (Å²) in [5.74, 6) is 1.72. The van der Waals surface area contributed by atoms with Crippen molar-refractivity contribution in [1.29, 1.82) is 0 Å². The first-order chi connectivity index (χ1) is 9.15. The summed E-state index contributed by atoms with van der Waals surface area (Å²) in [5.41, 5.74) is 2.69. The van der Waals surface area contributed by atoms with Gasteiger partial charge in [-0.15, -0.1) is 0 Å². The Morgan fingerprint density at radius 2 is 2.16 bits per heavy atom. The normalized spacial score (nSPS) is 16.8. The minimum Gasteiger partial charge on any atom is -0.369 e. The average Bonchev–Trinajstić information content (AvgIpc) is 2.99. The van der Waals surface area contributed by atoms with E-state index in [4.69, 9.17) is 0 Å². The molecule has 5 heteroatoms. The molecule has 2 aromatic heterocycles. The molecule has 0 spiro atoms. The quantitative estimate of drug-likeness (QED) is 0.897. The first-order valence-electron chi connectivity index (χ1n) is 7.06. The van der Waals surface area contributed by atoms with Crippen LogP contribution in [-0.4, -0.2) is 26.1 Å². The fourth-order valence-corrected chi connectivity index (χ4v) is 2.73. The second-order valence-electron chi connectivity index (χ2n) is 5.75. The lowest BCUT2D eigenvalue weighted by Gasteiger charge is -2.18. The van der Waals surface area contributed by atoms with Gasteiger partial charge in [-0.25, -0.2) is 4.98 Å². The number of fused-ring (bicyclic) bond motifs is 1. The summed E-state index contributed by atoms with van der Waals surface area (Å²) in [6, 6.07) is 0. The molecule has 1 aliphatic carbocycles. The molecule has 1 fully saturated rings. The Balaban J connectivity index is 1.88. The number of aryl methyl sites for hydroxylation is 1. The Morgan fingerprint density at radius 3 is 2.84 bits per heavy atom. The van der Waals surface area contributed by atoms with Crippen LogP contribution in [0.1, 0.15) is 43.9 Å². The smallest absolute Gasteiger partial charge is 0.254 e. The molecule has 0 radical (unpaired) electrons. The van der Waals surface area contributed by atoms with Crippen LogP contribution in [-0.2, 0) is 0 Å². The van der Waals surface area contributed by atoms with E-state index in [9.17, 15) is 0 Å². The third-order valence-corrected chi connectivity index (χ3v) is 4.28. The van der Waals surface area contributed by atoms with E-state index < -0.39 is 0 Å². The van der Waals surface area contributed by atoms with Crippen molar-refractivity contribution >= 4 is 11.6 Å². The predicted octanol–water partition coefficient (Wildman–Crippen LogP) is 2.73. The van der Waals surface area contributed by atoms with Gasteiger partial charge in [-0.3, -0.25) is 0 Å². The van der Waals surface area contributed by atoms with Crippen LogP contribution in [0.4, 0.5) is 5.82 Å². The largest absolute Gasteiger partial charge is 0.369 e. The molecule has 0 aromatic carbocycles. The summed E-state index contributed by atoms with van der Waals surface area (Å²) in [5, 5.41) is 7.86. The van der Waals surface area contributed by atoms with Gasteiger partial charge in [0.05, 0.1) is 0 Å². The standard InChI is InChI=1S/C14H21N5/c1-4-5-14(6-7-14)8-15-12-10(2)11(3)18-13-16-9-17-19(12)13/h9,15H,4-8H2,1-3H3. The number of nitrogens with one attached hydrogen (secondary N) is 1. The molecule has 0 aliphatic heterocycles. The number of aromatic nitrogens is 4. The number of hydrogen-bond donors (Lipinski definition) is 1. The number of anilines is 1. The van der Waals surface area contributed by atoms with Gasteiger partial charge < -0.3 is 5.32 Å². The minimum absolute atomic E-state index is 0.519. The van der Waals surface area contributed by atoms with E-state index in [1.807, 2.05) is 11.4 Å². The third kappa shape index (κ3) is 2.17. The van der Waals surface area contributed by atoms with Gasteiger partial charge in [0.15, 0.2) is 0 Å². The Hall–Kier alpha value is -1.65. The van der Waals surface area contributed by atoms with Gasteiger partial charge in [0.1, 0.15) is 12.1 Å². The molecule has 5 nitrogen and oxygen atoms in total. The molecule has 102 valence electrons. The molecule has 0 unspecified atom stereocenters. The van der Waals surface area contributed by atoms with Crippen LogP contribution in [0.3, 0.4) is 0 Å². The van der Waals surface area contributed by atoms with Gasteiger partial charge in [-0.05, 0) is 38.5 Å². The van der Waals surface area contributed by atoms with Crippen molar-refractivity contribution in [3.63, 3.8) is 0 Å². The average molecular weight is 259 g/mol. The number of rotatable bonds is 5. The predicted molar refractivity (Wildman–Crippen MR) is 75.3 cm³/mol. The molecule has 2 heterocycles. The topological polar surface area (TPSA) is 55.1 Å². The molecular formula is C14H21N5. The highest BCUT2D eigenvalue weighted by atomic mass is 15.4. The van der Waals surface area contributed by atoms with Crippen LogP contribution in [0.2, 0.25) is 0 Å². The maximum atomic E-state index is 4.44.